The van der Waals surface area contributed by atoms with Crippen LogP contribution < -0.4 is 10.6 Å². The zero-order chi connectivity index (χ0) is 27.1. The largest absolute Gasteiger partial charge is 0.481 e. The van der Waals surface area contributed by atoms with Crippen LogP contribution in [-0.4, -0.2) is 22.9 Å². The number of nitrogens with one attached hydrogen (secondary N) is 2. The van der Waals surface area contributed by atoms with Gasteiger partial charge < -0.3 is 15.7 Å². The summed E-state index contributed by atoms with van der Waals surface area (Å²) in [5, 5.41) is 16.8. The van der Waals surface area contributed by atoms with Crippen LogP contribution in [0, 0.1) is 36.5 Å². The highest BCUT2D eigenvalue weighted by Crippen LogP contribution is 2.57. The Labute approximate surface area is 228 Å². The topological polar surface area (TPSA) is 95.5 Å². The molecule has 1 heterocycles. The molecule has 0 saturated heterocycles. The molecule has 0 unspecified atom stereocenters. The number of carboxylic acids is 1. The van der Waals surface area contributed by atoms with Gasteiger partial charge in [0.25, 0.3) is 5.91 Å². The molecule has 5 rings (SSSR count). The summed E-state index contributed by atoms with van der Waals surface area (Å²) in [5.74, 6) is -2.19. The standard InChI is InChI=1S/C31H38N2O4S/c1-5-18-10-11-20-23(14-18)38-30(27(20)28(34)32-15-19-8-6-17(4)7-9-19)33-29(35)25-21-12-13-22(24(21)16(2)3)26(25)31(36)37/h6-9,18,21-22,25-26H,5,10-15H2,1-4H3,(H,32,34)(H,33,35)(H,36,37)/t18-,21+,22+,25-,26+/m1/s1. The van der Waals surface area contributed by atoms with E-state index in [1.165, 1.54) is 21.8 Å². The number of carbonyl (C=O) groups excluding carboxylic acids is 2. The Morgan fingerprint density at radius 1 is 1.03 bits per heavy atom. The van der Waals surface area contributed by atoms with E-state index in [1.54, 1.807) is 0 Å². The van der Waals surface area contributed by atoms with Gasteiger partial charge in [0.05, 0.1) is 17.4 Å². The number of fused-ring (bicyclic) bond motifs is 3. The summed E-state index contributed by atoms with van der Waals surface area (Å²) in [6, 6.07) is 8.07. The minimum Gasteiger partial charge on any atom is -0.481 e. The van der Waals surface area contributed by atoms with Gasteiger partial charge in [-0.05, 0) is 81.8 Å². The van der Waals surface area contributed by atoms with Crippen molar-refractivity contribution in [3.63, 3.8) is 0 Å². The number of rotatable bonds is 7. The van der Waals surface area contributed by atoms with Crippen molar-refractivity contribution in [1.29, 1.82) is 0 Å². The van der Waals surface area contributed by atoms with E-state index in [-0.39, 0.29) is 23.7 Å². The number of aliphatic carboxylic acids is 1. The van der Waals surface area contributed by atoms with Crippen molar-refractivity contribution >= 4 is 34.1 Å². The average molecular weight is 535 g/mol. The van der Waals surface area contributed by atoms with Crippen molar-refractivity contribution in [3.05, 3.63) is 62.5 Å². The van der Waals surface area contributed by atoms with Gasteiger partial charge in [-0.15, -0.1) is 11.3 Å². The van der Waals surface area contributed by atoms with Gasteiger partial charge in [-0.2, -0.15) is 0 Å². The molecule has 2 amide bonds. The molecule has 1 aromatic carbocycles. The first-order valence-corrected chi connectivity index (χ1v) is 14.7. The Bertz CT molecular complexity index is 1290. The van der Waals surface area contributed by atoms with Crippen LogP contribution in [0.2, 0.25) is 0 Å². The van der Waals surface area contributed by atoms with E-state index in [2.05, 4.69) is 17.6 Å². The molecule has 3 aliphatic rings. The van der Waals surface area contributed by atoms with Crippen LogP contribution in [0.5, 0.6) is 0 Å². The fourth-order valence-corrected chi connectivity index (χ4v) is 8.47. The van der Waals surface area contributed by atoms with Crippen molar-refractivity contribution in [1.82, 2.24) is 5.32 Å². The smallest absolute Gasteiger partial charge is 0.307 e. The highest BCUT2D eigenvalue weighted by molar-refractivity contribution is 7.17. The van der Waals surface area contributed by atoms with Gasteiger partial charge in [-0.1, -0.05) is 54.3 Å². The molecule has 7 heteroatoms. The van der Waals surface area contributed by atoms with Crippen LogP contribution >= 0.6 is 11.3 Å². The SMILES string of the molecule is CC[C@@H]1CCc2c(sc(NC(=O)[C@H]3[C@@H](C(=O)O)[C@H]4CC[C@H]3C4=C(C)C)c2C(=O)NCc2ccc(C)cc2)C1. The molecule has 2 aromatic rings. The van der Waals surface area contributed by atoms with Crippen molar-refractivity contribution in [2.75, 3.05) is 5.32 Å². The normalized spacial score (nSPS) is 25.7. The first kappa shape index (κ1) is 26.7. The van der Waals surface area contributed by atoms with E-state index in [1.807, 2.05) is 45.0 Å². The lowest BCUT2D eigenvalue weighted by Gasteiger charge is -2.26. The fraction of sp³-hybridized carbons (Fsp3) is 0.516. The van der Waals surface area contributed by atoms with Crippen molar-refractivity contribution in [2.45, 2.75) is 72.8 Å². The summed E-state index contributed by atoms with van der Waals surface area (Å²) < 4.78 is 0. The van der Waals surface area contributed by atoms with Crippen LogP contribution in [0.15, 0.2) is 35.4 Å². The molecular weight excluding hydrogens is 496 g/mol. The number of carboxylic acid groups (broad SMARTS) is 1. The molecule has 3 aliphatic carbocycles. The first-order valence-electron chi connectivity index (χ1n) is 13.9. The van der Waals surface area contributed by atoms with E-state index in [4.69, 9.17) is 0 Å². The highest BCUT2D eigenvalue weighted by Gasteiger charge is 2.57. The highest BCUT2D eigenvalue weighted by atomic mass is 32.1. The van der Waals surface area contributed by atoms with Gasteiger partial charge in [0, 0.05) is 11.4 Å². The Morgan fingerprint density at radius 2 is 1.71 bits per heavy atom. The molecule has 1 aromatic heterocycles. The number of benzene rings is 1. The third-order valence-electron chi connectivity index (χ3n) is 8.99. The van der Waals surface area contributed by atoms with Crippen LogP contribution in [0.1, 0.15) is 78.4 Å². The second-order valence-corrected chi connectivity index (χ2v) is 12.6. The molecule has 2 saturated carbocycles. The van der Waals surface area contributed by atoms with Gasteiger partial charge in [-0.25, -0.2) is 0 Å². The van der Waals surface area contributed by atoms with Crippen molar-refractivity contribution < 1.29 is 19.5 Å². The Balaban J connectivity index is 1.43. The molecule has 3 N–H and O–H groups in total. The minimum atomic E-state index is -0.900. The number of aryl methyl sites for hydroxylation is 1. The monoisotopic (exact) mass is 534 g/mol. The maximum atomic E-state index is 13.8. The van der Waals surface area contributed by atoms with Crippen LogP contribution in [-0.2, 0) is 29.0 Å². The van der Waals surface area contributed by atoms with E-state index >= 15 is 0 Å². The van der Waals surface area contributed by atoms with Gasteiger partial charge >= 0.3 is 5.97 Å². The predicted octanol–water partition coefficient (Wildman–Crippen LogP) is 6.13. The minimum absolute atomic E-state index is 0.0380. The summed E-state index contributed by atoms with van der Waals surface area (Å²) in [7, 11) is 0. The molecule has 6 nitrogen and oxygen atoms in total. The molecule has 0 aliphatic heterocycles. The number of amides is 2. The third kappa shape index (κ3) is 4.81. The Kier molecular flexibility index (Phi) is 7.49. The molecule has 38 heavy (non-hydrogen) atoms. The second kappa shape index (κ2) is 10.7. The maximum Gasteiger partial charge on any atom is 0.307 e. The lowest BCUT2D eigenvalue weighted by molar-refractivity contribution is -0.148. The molecule has 2 fully saturated rings. The number of hydrogen-bond acceptors (Lipinski definition) is 4. The zero-order valence-electron chi connectivity index (χ0n) is 22.7. The van der Waals surface area contributed by atoms with Gasteiger partial charge in [0.1, 0.15) is 5.00 Å². The first-order chi connectivity index (χ1) is 18.2. The second-order valence-electron chi connectivity index (χ2n) is 11.5. The zero-order valence-corrected chi connectivity index (χ0v) is 23.5. The van der Waals surface area contributed by atoms with Crippen LogP contribution in [0.25, 0.3) is 0 Å². The molecule has 2 bridgehead atoms. The van der Waals surface area contributed by atoms with Gasteiger partial charge in [0.15, 0.2) is 0 Å². The quantitative estimate of drug-likeness (QED) is 0.372. The Morgan fingerprint density at radius 3 is 2.34 bits per heavy atom. The van der Waals surface area contributed by atoms with Gasteiger partial charge in [0.2, 0.25) is 5.91 Å². The number of carbonyl (C=O) groups is 3. The summed E-state index contributed by atoms with van der Waals surface area (Å²) in [6.45, 7) is 8.68. The third-order valence-corrected chi connectivity index (χ3v) is 10.2. The summed E-state index contributed by atoms with van der Waals surface area (Å²) in [4.78, 5) is 40.8. The van der Waals surface area contributed by atoms with E-state index < -0.39 is 17.8 Å². The average Bonchev–Trinajstić information content (AvgIpc) is 3.57. The van der Waals surface area contributed by atoms with Crippen molar-refractivity contribution in [2.24, 2.45) is 29.6 Å². The maximum absolute atomic E-state index is 13.8. The molecule has 0 radical (unpaired) electrons. The van der Waals surface area contributed by atoms with Gasteiger partial charge in [-0.3, -0.25) is 14.4 Å². The van der Waals surface area contributed by atoms with Crippen LogP contribution in [0.4, 0.5) is 5.00 Å². The fourth-order valence-electron chi connectivity index (χ4n) is 7.11. The molecular formula is C31H38N2O4S. The summed E-state index contributed by atoms with van der Waals surface area (Å²) in [6.07, 6.45) is 5.52. The number of allylic oxidation sites excluding steroid dienone is 2. The van der Waals surface area contributed by atoms with Crippen LogP contribution in [0.3, 0.4) is 0 Å². The lowest BCUT2D eigenvalue weighted by Crippen LogP contribution is -2.38. The molecule has 5 atom stereocenters. The molecule has 0 spiro atoms. The van der Waals surface area contributed by atoms with Crippen molar-refractivity contribution in [3.8, 4) is 0 Å². The predicted molar refractivity (Wildman–Crippen MR) is 150 cm³/mol. The number of hydrogen-bond donors (Lipinski definition) is 3. The number of thiophene rings is 1. The Hall–Kier alpha value is -2.93. The van der Waals surface area contributed by atoms with E-state index in [0.29, 0.717) is 23.0 Å². The van der Waals surface area contributed by atoms with E-state index in [0.717, 1.165) is 60.8 Å². The molecule has 202 valence electrons. The van der Waals surface area contributed by atoms with E-state index in [9.17, 15) is 19.5 Å². The number of anilines is 1. The lowest BCUT2D eigenvalue weighted by atomic mass is 9.78. The summed E-state index contributed by atoms with van der Waals surface area (Å²) >= 11 is 1.50. The summed E-state index contributed by atoms with van der Waals surface area (Å²) in [5.41, 5.74) is 6.09.